The molecule has 0 aromatic heterocycles. The number of nitrogens with zero attached hydrogens (tertiary/aromatic N) is 1. The summed E-state index contributed by atoms with van der Waals surface area (Å²) < 4.78 is 42.1. The number of halogens is 3. The molecule has 0 saturated carbocycles. The summed E-state index contributed by atoms with van der Waals surface area (Å²) in [6.45, 7) is 4.96. The minimum atomic E-state index is -4.24. The standard InChI is InChI=1S/C12H24F3NO2/c1-4-5-6-18-8-11(17)7-16(10(2)3)9-12(13,14)15/h10-11,17H,4-9H2,1-3H3. The summed E-state index contributed by atoms with van der Waals surface area (Å²) in [6, 6.07) is -0.267. The molecule has 18 heavy (non-hydrogen) atoms. The maximum absolute atomic E-state index is 12.3. The Hall–Kier alpha value is -0.330. The fourth-order valence-corrected chi connectivity index (χ4v) is 1.48. The number of aliphatic hydroxyl groups is 1. The molecule has 0 fully saturated rings. The normalized spacial score (nSPS) is 14.5. The second kappa shape index (κ2) is 8.72. The number of hydrogen-bond acceptors (Lipinski definition) is 3. The predicted molar refractivity (Wildman–Crippen MR) is 64.5 cm³/mol. The van der Waals surface area contributed by atoms with Gasteiger partial charge in [-0.05, 0) is 20.3 Å². The van der Waals surface area contributed by atoms with Crippen molar-refractivity contribution in [3.63, 3.8) is 0 Å². The number of unbranched alkanes of at least 4 members (excludes halogenated alkanes) is 1. The van der Waals surface area contributed by atoms with Gasteiger partial charge < -0.3 is 9.84 Å². The highest BCUT2D eigenvalue weighted by atomic mass is 19.4. The topological polar surface area (TPSA) is 32.7 Å². The molecule has 110 valence electrons. The van der Waals surface area contributed by atoms with E-state index in [1.165, 1.54) is 4.90 Å². The van der Waals surface area contributed by atoms with Crippen molar-refractivity contribution in [2.75, 3.05) is 26.3 Å². The molecular formula is C12H24F3NO2. The van der Waals surface area contributed by atoms with Crippen LogP contribution in [0.25, 0.3) is 0 Å². The first kappa shape index (κ1) is 17.7. The smallest absolute Gasteiger partial charge is 0.389 e. The van der Waals surface area contributed by atoms with Crippen LogP contribution in [0.3, 0.4) is 0 Å². The van der Waals surface area contributed by atoms with Crippen molar-refractivity contribution in [1.82, 2.24) is 4.90 Å². The largest absolute Gasteiger partial charge is 0.401 e. The van der Waals surface area contributed by atoms with Crippen LogP contribution < -0.4 is 0 Å². The summed E-state index contributed by atoms with van der Waals surface area (Å²) >= 11 is 0. The molecule has 0 amide bonds. The number of alkyl halides is 3. The summed E-state index contributed by atoms with van der Waals surface area (Å²) in [4.78, 5) is 1.20. The molecule has 0 saturated heterocycles. The van der Waals surface area contributed by atoms with Crippen molar-refractivity contribution in [3.05, 3.63) is 0 Å². The number of aliphatic hydroxyl groups excluding tert-OH is 1. The van der Waals surface area contributed by atoms with Crippen LogP contribution in [0.5, 0.6) is 0 Å². The van der Waals surface area contributed by atoms with Gasteiger partial charge in [-0.15, -0.1) is 0 Å². The van der Waals surface area contributed by atoms with Crippen LogP contribution in [-0.4, -0.2) is 54.6 Å². The van der Waals surface area contributed by atoms with Gasteiger partial charge in [0, 0.05) is 19.2 Å². The van der Waals surface area contributed by atoms with Crippen molar-refractivity contribution < 1.29 is 23.0 Å². The molecule has 0 heterocycles. The Labute approximate surface area is 107 Å². The molecule has 0 aliphatic carbocycles. The second-order valence-electron chi connectivity index (χ2n) is 4.72. The van der Waals surface area contributed by atoms with Crippen molar-refractivity contribution in [2.24, 2.45) is 0 Å². The molecule has 3 nitrogen and oxygen atoms in total. The molecule has 6 heteroatoms. The van der Waals surface area contributed by atoms with E-state index in [9.17, 15) is 18.3 Å². The van der Waals surface area contributed by atoms with Crippen molar-refractivity contribution >= 4 is 0 Å². The van der Waals surface area contributed by atoms with Gasteiger partial charge in [-0.25, -0.2) is 0 Å². The molecule has 1 N–H and O–H groups in total. The second-order valence-corrected chi connectivity index (χ2v) is 4.72. The van der Waals surface area contributed by atoms with E-state index in [4.69, 9.17) is 4.74 Å². The first-order valence-electron chi connectivity index (χ1n) is 6.33. The van der Waals surface area contributed by atoms with Gasteiger partial charge in [0.25, 0.3) is 0 Å². The SMILES string of the molecule is CCCCOCC(O)CN(CC(F)(F)F)C(C)C. The highest BCUT2D eigenvalue weighted by Crippen LogP contribution is 2.18. The molecule has 1 atom stereocenters. The summed E-state index contributed by atoms with van der Waals surface area (Å²) in [7, 11) is 0. The maximum Gasteiger partial charge on any atom is 0.401 e. The van der Waals surface area contributed by atoms with Crippen molar-refractivity contribution in [3.8, 4) is 0 Å². The molecule has 0 aliphatic heterocycles. The molecule has 0 aromatic carbocycles. The Bertz CT molecular complexity index is 210. The zero-order valence-corrected chi connectivity index (χ0v) is 11.3. The van der Waals surface area contributed by atoms with Gasteiger partial charge in [-0.3, -0.25) is 4.90 Å². The minimum absolute atomic E-state index is 0.0245. The van der Waals surface area contributed by atoms with Crippen molar-refractivity contribution in [1.29, 1.82) is 0 Å². The van der Waals surface area contributed by atoms with Gasteiger partial charge in [0.15, 0.2) is 0 Å². The maximum atomic E-state index is 12.3. The highest BCUT2D eigenvalue weighted by molar-refractivity contribution is 4.71. The van der Waals surface area contributed by atoms with Crippen LogP contribution in [0.15, 0.2) is 0 Å². The fraction of sp³-hybridized carbons (Fsp3) is 1.00. The third-order valence-corrected chi connectivity index (χ3v) is 2.51. The predicted octanol–water partition coefficient (Wildman–Crippen LogP) is 2.44. The first-order chi connectivity index (χ1) is 8.26. The van der Waals surface area contributed by atoms with E-state index in [0.717, 1.165) is 12.8 Å². The average Bonchev–Trinajstić information content (AvgIpc) is 2.21. The lowest BCUT2D eigenvalue weighted by atomic mass is 10.2. The molecule has 0 bridgehead atoms. The third kappa shape index (κ3) is 9.67. The van der Waals surface area contributed by atoms with E-state index in [1.807, 2.05) is 6.92 Å². The van der Waals surface area contributed by atoms with E-state index in [2.05, 4.69) is 0 Å². The zero-order chi connectivity index (χ0) is 14.2. The van der Waals surface area contributed by atoms with Gasteiger partial charge in [0.2, 0.25) is 0 Å². The minimum Gasteiger partial charge on any atom is -0.389 e. The van der Waals surface area contributed by atoms with E-state index < -0.39 is 18.8 Å². The molecule has 0 spiro atoms. The van der Waals surface area contributed by atoms with Crippen molar-refractivity contribution in [2.45, 2.75) is 51.9 Å². The highest BCUT2D eigenvalue weighted by Gasteiger charge is 2.32. The van der Waals surface area contributed by atoms with Gasteiger partial charge >= 0.3 is 6.18 Å². The molecular weight excluding hydrogens is 247 g/mol. The lowest BCUT2D eigenvalue weighted by Gasteiger charge is -2.29. The Morgan fingerprint density at radius 1 is 1.28 bits per heavy atom. The average molecular weight is 271 g/mol. The Morgan fingerprint density at radius 2 is 1.89 bits per heavy atom. The van der Waals surface area contributed by atoms with Crippen LogP contribution in [0.4, 0.5) is 13.2 Å². The summed E-state index contributed by atoms with van der Waals surface area (Å²) in [5, 5.41) is 9.63. The zero-order valence-electron chi connectivity index (χ0n) is 11.3. The lowest BCUT2D eigenvalue weighted by molar-refractivity contribution is -0.153. The molecule has 0 radical (unpaired) electrons. The van der Waals surface area contributed by atoms with Crippen LogP contribution in [0.2, 0.25) is 0 Å². The first-order valence-corrected chi connectivity index (χ1v) is 6.33. The summed E-state index contributed by atoms with van der Waals surface area (Å²) in [5.41, 5.74) is 0. The van der Waals surface area contributed by atoms with Crippen LogP contribution >= 0.6 is 0 Å². The summed E-state index contributed by atoms with van der Waals surface area (Å²) in [6.07, 6.45) is -3.25. The number of rotatable bonds is 9. The van der Waals surface area contributed by atoms with Gasteiger partial charge in [-0.1, -0.05) is 13.3 Å². The molecule has 0 aliphatic rings. The van der Waals surface area contributed by atoms with E-state index in [1.54, 1.807) is 13.8 Å². The third-order valence-electron chi connectivity index (χ3n) is 2.51. The van der Waals surface area contributed by atoms with E-state index >= 15 is 0 Å². The van der Waals surface area contributed by atoms with E-state index in [0.29, 0.717) is 6.61 Å². The molecule has 0 rings (SSSR count). The number of hydrogen-bond donors (Lipinski definition) is 1. The summed E-state index contributed by atoms with van der Waals surface area (Å²) in [5.74, 6) is 0. The van der Waals surface area contributed by atoms with Crippen LogP contribution in [0, 0.1) is 0 Å². The van der Waals surface area contributed by atoms with Gasteiger partial charge in [0.05, 0.1) is 19.3 Å². The Morgan fingerprint density at radius 3 is 2.33 bits per heavy atom. The molecule has 1 unspecified atom stereocenters. The molecule has 0 aromatic rings. The number of ether oxygens (including phenoxy) is 1. The van der Waals surface area contributed by atoms with Crippen LogP contribution in [-0.2, 0) is 4.74 Å². The Balaban J connectivity index is 4.00. The Kier molecular flexibility index (Phi) is 8.56. The van der Waals surface area contributed by atoms with Crippen LogP contribution in [0.1, 0.15) is 33.6 Å². The van der Waals surface area contributed by atoms with Gasteiger partial charge in [0.1, 0.15) is 0 Å². The monoisotopic (exact) mass is 271 g/mol. The quantitative estimate of drug-likeness (QED) is 0.654. The lowest BCUT2D eigenvalue weighted by Crippen LogP contribution is -2.44. The van der Waals surface area contributed by atoms with E-state index in [-0.39, 0.29) is 19.2 Å². The van der Waals surface area contributed by atoms with Gasteiger partial charge in [-0.2, -0.15) is 13.2 Å². The fourth-order valence-electron chi connectivity index (χ4n) is 1.48.